The van der Waals surface area contributed by atoms with Gasteiger partial charge in [-0.2, -0.15) is 0 Å². The number of carbonyl (C=O) groups is 1. The third-order valence-electron chi connectivity index (χ3n) is 2.25. The van der Waals surface area contributed by atoms with Crippen LogP contribution in [0.3, 0.4) is 0 Å². The molecule has 1 aromatic heterocycles. The summed E-state index contributed by atoms with van der Waals surface area (Å²) >= 11 is 0. The van der Waals surface area contributed by atoms with Crippen molar-refractivity contribution in [2.75, 3.05) is 0 Å². The number of aromatic nitrogens is 2. The van der Waals surface area contributed by atoms with Gasteiger partial charge in [-0.05, 0) is 12.8 Å². The molecule has 0 saturated carbocycles. The molecule has 0 bridgehead atoms. The molecule has 3 nitrogen and oxygen atoms in total. The number of Topliss-reactive ketones (excluding diaryl/α,β-unsaturated/α-hetero) is 1. The number of H-pyrrole nitrogens is 1. The fourth-order valence-corrected chi connectivity index (χ4v) is 1.48. The van der Waals surface area contributed by atoms with Crippen LogP contribution in [-0.2, 0) is 12.8 Å². The fourth-order valence-electron chi connectivity index (χ4n) is 1.48. The zero-order valence-electron chi connectivity index (χ0n) is 9.18. The molecule has 1 heterocycles. The molecule has 0 unspecified atom stereocenters. The Labute approximate surface area is 84.9 Å². The molecule has 0 spiro atoms. The van der Waals surface area contributed by atoms with E-state index < -0.39 is 0 Å². The molecule has 78 valence electrons. The Morgan fingerprint density at radius 1 is 1.36 bits per heavy atom. The number of aryl methyl sites for hydroxylation is 2. The van der Waals surface area contributed by atoms with Crippen LogP contribution in [0.2, 0.25) is 0 Å². The normalized spacial score (nSPS) is 10.5. The minimum Gasteiger partial charge on any atom is -0.339 e. The van der Waals surface area contributed by atoms with Crippen molar-refractivity contribution in [1.82, 2.24) is 9.97 Å². The van der Waals surface area contributed by atoms with Crippen LogP contribution in [0.15, 0.2) is 0 Å². The highest BCUT2D eigenvalue weighted by Crippen LogP contribution is 2.10. The van der Waals surface area contributed by atoms with E-state index in [4.69, 9.17) is 0 Å². The Morgan fingerprint density at radius 3 is 2.57 bits per heavy atom. The molecule has 1 N–H and O–H groups in total. The minimum atomic E-state index is 0.164. The van der Waals surface area contributed by atoms with Gasteiger partial charge in [-0.1, -0.05) is 20.8 Å². The molecule has 0 aromatic carbocycles. The van der Waals surface area contributed by atoms with E-state index in [-0.39, 0.29) is 5.78 Å². The SMILES string of the molecule is CCCc1nc(CC)c(C(=O)CC)[nH]1. The molecule has 1 rings (SSSR count). The molecule has 0 radical (unpaired) electrons. The van der Waals surface area contributed by atoms with E-state index in [2.05, 4.69) is 16.9 Å². The first-order valence-corrected chi connectivity index (χ1v) is 5.33. The highest BCUT2D eigenvalue weighted by atomic mass is 16.1. The van der Waals surface area contributed by atoms with Gasteiger partial charge in [-0.15, -0.1) is 0 Å². The van der Waals surface area contributed by atoms with Gasteiger partial charge in [0.1, 0.15) is 11.5 Å². The first-order chi connectivity index (χ1) is 6.72. The van der Waals surface area contributed by atoms with Gasteiger partial charge in [0.15, 0.2) is 5.78 Å². The molecular formula is C11H18N2O. The highest BCUT2D eigenvalue weighted by Gasteiger charge is 2.13. The summed E-state index contributed by atoms with van der Waals surface area (Å²) in [5.41, 5.74) is 1.64. The van der Waals surface area contributed by atoms with E-state index in [1.807, 2.05) is 13.8 Å². The lowest BCUT2D eigenvalue weighted by atomic mass is 10.1. The van der Waals surface area contributed by atoms with Crippen molar-refractivity contribution in [3.8, 4) is 0 Å². The molecule has 0 fully saturated rings. The monoisotopic (exact) mass is 194 g/mol. The third-order valence-corrected chi connectivity index (χ3v) is 2.25. The van der Waals surface area contributed by atoms with E-state index in [1.54, 1.807) is 0 Å². The van der Waals surface area contributed by atoms with Crippen molar-refractivity contribution >= 4 is 5.78 Å². The van der Waals surface area contributed by atoms with E-state index in [1.165, 1.54) is 0 Å². The van der Waals surface area contributed by atoms with Gasteiger partial charge in [0, 0.05) is 12.8 Å². The second-order valence-corrected chi connectivity index (χ2v) is 3.39. The number of ketones is 1. The van der Waals surface area contributed by atoms with Gasteiger partial charge in [-0.25, -0.2) is 4.98 Å². The maximum atomic E-state index is 11.5. The zero-order valence-corrected chi connectivity index (χ0v) is 9.18. The van der Waals surface area contributed by atoms with Crippen molar-refractivity contribution in [3.63, 3.8) is 0 Å². The topological polar surface area (TPSA) is 45.8 Å². The summed E-state index contributed by atoms with van der Waals surface area (Å²) in [7, 11) is 0. The lowest BCUT2D eigenvalue weighted by Gasteiger charge is -1.95. The largest absolute Gasteiger partial charge is 0.339 e. The van der Waals surface area contributed by atoms with E-state index in [0.717, 1.165) is 36.5 Å². The van der Waals surface area contributed by atoms with Crippen LogP contribution < -0.4 is 0 Å². The van der Waals surface area contributed by atoms with Gasteiger partial charge < -0.3 is 4.98 Å². The molecule has 0 aliphatic rings. The molecule has 3 heteroatoms. The molecule has 0 atom stereocenters. The van der Waals surface area contributed by atoms with Crippen LogP contribution in [0.5, 0.6) is 0 Å². The van der Waals surface area contributed by atoms with Gasteiger partial charge in [0.05, 0.1) is 5.69 Å². The number of hydrogen-bond acceptors (Lipinski definition) is 2. The van der Waals surface area contributed by atoms with Crippen LogP contribution in [0.4, 0.5) is 0 Å². The van der Waals surface area contributed by atoms with Crippen LogP contribution in [0.1, 0.15) is 55.6 Å². The molecule has 14 heavy (non-hydrogen) atoms. The Bertz CT molecular complexity index is 315. The Morgan fingerprint density at radius 2 is 2.07 bits per heavy atom. The molecular weight excluding hydrogens is 176 g/mol. The first-order valence-electron chi connectivity index (χ1n) is 5.33. The molecule has 0 aliphatic heterocycles. The molecule has 1 aromatic rings. The van der Waals surface area contributed by atoms with E-state index in [0.29, 0.717) is 6.42 Å². The van der Waals surface area contributed by atoms with Crippen molar-refractivity contribution < 1.29 is 4.79 Å². The molecule has 0 aliphatic carbocycles. The second kappa shape index (κ2) is 4.94. The predicted molar refractivity (Wildman–Crippen MR) is 56.6 cm³/mol. The molecule has 0 amide bonds. The summed E-state index contributed by atoms with van der Waals surface area (Å²) in [6.07, 6.45) is 3.34. The Hall–Kier alpha value is -1.12. The summed E-state index contributed by atoms with van der Waals surface area (Å²) in [5.74, 6) is 1.11. The van der Waals surface area contributed by atoms with Crippen molar-refractivity contribution in [3.05, 3.63) is 17.2 Å². The average Bonchev–Trinajstić information content (AvgIpc) is 2.60. The summed E-state index contributed by atoms with van der Waals surface area (Å²) in [5, 5.41) is 0. The van der Waals surface area contributed by atoms with E-state index in [9.17, 15) is 4.79 Å². The predicted octanol–water partition coefficient (Wildman–Crippen LogP) is 2.52. The van der Waals surface area contributed by atoms with Crippen LogP contribution in [0, 0.1) is 0 Å². The summed E-state index contributed by atoms with van der Waals surface area (Å²) in [6, 6.07) is 0. The number of carbonyl (C=O) groups excluding carboxylic acids is 1. The summed E-state index contributed by atoms with van der Waals surface area (Å²) < 4.78 is 0. The van der Waals surface area contributed by atoms with Gasteiger partial charge >= 0.3 is 0 Å². The number of rotatable bonds is 5. The van der Waals surface area contributed by atoms with E-state index >= 15 is 0 Å². The average molecular weight is 194 g/mol. The minimum absolute atomic E-state index is 0.164. The lowest BCUT2D eigenvalue weighted by molar-refractivity contribution is 0.0983. The van der Waals surface area contributed by atoms with Gasteiger partial charge in [0.2, 0.25) is 0 Å². The highest BCUT2D eigenvalue weighted by molar-refractivity contribution is 5.95. The third kappa shape index (κ3) is 2.22. The standard InChI is InChI=1S/C11H18N2O/c1-4-7-10-12-8(5-2)11(13-10)9(14)6-3/h4-7H2,1-3H3,(H,12,13). The second-order valence-electron chi connectivity index (χ2n) is 3.39. The summed E-state index contributed by atoms with van der Waals surface area (Å²) in [4.78, 5) is 19.1. The first kappa shape index (κ1) is 11.0. The number of nitrogens with zero attached hydrogens (tertiary/aromatic N) is 1. The maximum Gasteiger partial charge on any atom is 0.180 e. The number of imidazole rings is 1. The maximum absolute atomic E-state index is 11.5. The lowest BCUT2D eigenvalue weighted by Crippen LogP contribution is -2.01. The fraction of sp³-hybridized carbons (Fsp3) is 0.636. The van der Waals surface area contributed by atoms with Gasteiger partial charge in [0.25, 0.3) is 0 Å². The van der Waals surface area contributed by atoms with Crippen molar-refractivity contribution in [2.24, 2.45) is 0 Å². The Kier molecular flexibility index (Phi) is 3.86. The smallest absolute Gasteiger partial charge is 0.180 e. The number of hydrogen-bond donors (Lipinski definition) is 1. The quantitative estimate of drug-likeness (QED) is 0.732. The van der Waals surface area contributed by atoms with Gasteiger partial charge in [-0.3, -0.25) is 4.79 Å². The van der Waals surface area contributed by atoms with Crippen LogP contribution in [0.25, 0.3) is 0 Å². The van der Waals surface area contributed by atoms with Crippen molar-refractivity contribution in [2.45, 2.75) is 46.5 Å². The number of aromatic amines is 1. The van der Waals surface area contributed by atoms with Crippen molar-refractivity contribution in [1.29, 1.82) is 0 Å². The molecule has 0 saturated heterocycles. The van der Waals surface area contributed by atoms with Crippen LogP contribution >= 0.6 is 0 Å². The number of nitrogens with one attached hydrogen (secondary N) is 1. The Balaban J connectivity index is 2.96. The van der Waals surface area contributed by atoms with Crippen LogP contribution in [-0.4, -0.2) is 15.8 Å². The summed E-state index contributed by atoms with van der Waals surface area (Å²) in [6.45, 7) is 6.01. The zero-order chi connectivity index (χ0) is 10.6.